The second kappa shape index (κ2) is 3.64. The summed E-state index contributed by atoms with van der Waals surface area (Å²) in [6.45, 7) is 0.812. The minimum atomic E-state index is 0.711. The number of fused-ring (bicyclic) bond motifs is 1. The number of nitrogens with zero attached hydrogens (tertiary/aromatic N) is 1. The van der Waals surface area contributed by atoms with E-state index in [4.69, 9.17) is 16.0 Å². The van der Waals surface area contributed by atoms with Gasteiger partial charge in [-0.3, -0.25) is 0 Å². The molecule has 0 spiro atoms. The molecule has 0 aliphatic heterocycles. The van der Waals surface area contributed by atoms with E-state index in [-0.39, 0.29) is 0 Å². The van der Waals surface area contributed by atoms with Crippen molar-refractivity contribution in [3.8, 4) is 0 Å². The molecule has 0 atom stereocenters. The molecule has 2 nitrogen and oxygen atoms in total. The highest BCUT2D eigenvalue weighted by molar-refractivity contribution is 6.31. The van der Waals surface area contributed by atoms with E-state index in [2.05, 4.69) is 4.90 Å². The zero-order valence-corrected chi connectivity index (χ0v) is 9.01. The first kappa shape index (κ1) is 9.56. The predicted octanol–water partition coefficient (Wildman–Crippen LogP) is 3.15. The zero-order chi connectivity index (χ0) is 10.1. The molecule has 2 aromatic rings. The van der Waals surface area contributed by atoms with E-state index in [1.54, 1.807) is 0 Å². The van der Waals surface area contributed by atoms with Crippen molar-refractivity contribution >= 4 is 22.6 Å². The summed E-state index contributed by atoms with van der Waals surface area (Å²) in [5.41, 5.74) is 0.856. The summed E-state index contributed by atoms with van der Waals surface area (Å²) in [4.78, 5) is 2.07. The van der Waals surface area contributed by atoms with Crippen molar-refractivity contribution in [2.75, 3.05) is 14.1 Å². The molecule has 1 aromatic heterocycles. The van der Waals surface area contributed by atoms with Crippen LogP contribution in [0.2, 0.25) is 5.02 Å². The van der Waals surface area contributed by atoms with Gasteiger partial charge in [0.1, 0.15) is 11.3 Å². The van der Waals surface area contributed by atoms with Crippen LogP contribution in [0, 0.1) is 0 Å². The molecular weight excluding hydrogens is 198 g/mol. The standard InChI is InChI=1S/C11H12ClNO/c1-13(2)7-10-5-8-3-4-9(12)6-11(8)14-10/h3-6H,7H2,1-2H3. The molecule has 0 saturated heterocycles. The van der Waals surface area contributed by atoms with E-state index >= 15 is 0 Å². The third-order valence-electron chi connectivity index (χ3n) is 2.01. The van der Waals surface area contributed by atoms with Gasteiger partial charge in [-0.2, -0.15) is 0 Å². The summed E-state index contributed by atoms with van der Waals surface area (Å²) in [5.74, 6) is 0.965. The Labute approximate surface area is 88.1 Å². The van der Waals surface area contributed by atoms with Crippen LogP contribution in [-0.4, -0.2) is 19.0 Å². The normalized spacial score (nSPS) is 11.4. The van der Waals surface area contributed by atoms with Gasteiger partial charge >= 0.3 is 0 Å². The first-order chi connectivity index (χ1) is 6.65. The van der Waals surface area contributed by atoms with Gasteiger partial charge in [-0.1, -0.05) is 11.6 Å². The third-order valence-corrected chi connectivity index (χ3v) is 2.24. The molecule has 0 N–H and O–H groups in total. The Bertz CT molecular complexity index is 447. The van der Waals surface area contributed by atoms with Crippen LogP contribution in [0.3, 0.4) is 0 Å². The van der Waals surface area contributed by atoms with Crippen molar-refractivity contribution in [2.24, 2.45) is 0 Å². The summed E-state index contributed by atoms with van der Waals surface area (Å²) in [6.07, 6.45) is 0. The molecular formula is C11H12ClNO. The monoisotopic (exact) mass is 209 g/mol. The molecule has 74 valence electrons. The smallest absolute Gasteiger partial charge is 0.135 e. The summed E-state index contributed by atoms with van der Waals surface area (Å²) < 4.78 is 5.63. The Morgan fingerprint density at radius 1 is 1.29 bits per heavy atom. The minimum absolute atomic E-state index is 0.711. The van der Waals surface area contributed by atoms with Gasteiger partial charge in [0.05, 0.1) is 6.54 Å². The number of halogens is 1. The highest BCUT2D eigenvalue weighted by Crippen LogP contribution is 2.23. The predicted molar refractivity (Wildman–Crippen MR) is 58.6 cm³/mol. The van der Waals surface area contributed by atoms with E-state index in [9.17, 15) is 0 Å². The first-order valence-electron chi connectivity index (χ1n) is 4.48. The van der Waals surface area contributed by atoms with E-state index in [0.717, 1.165) is 23.3 Å². The average Bonchev–Trinajstić information content (AvgIpc) is 2.44. The second-order valence-corrected chi connectivity index (χ2v) is 4.07. The number of benzene rings is 1. The number of furan rings is 1. The van der Waals surface area contributed by atoms with Crippen LogP contribution >= 0.6 is 11.6 Å². The molecule has 0 amide bonds. The van der Waals surface area contributed by atoms with Gasteiger partial charge < -0.3 is 9.32 Å². The Morgan fingerprint density at radius 2 is 2.07 bits per heavy atom. The Morgan fingerprint density at radius 3 is 2.79 bits per heavy atom. The van der Waals surface area contributed by atoms with Gasteiger partial charge in [-0.05, 0) is 32.3 Å². The van der Waals surface area contributed by atoms with Crippen LogP contribution in [-0.2, 0) is 6.54 Å². The third kappa shape index (κ3) is 1.91. The Balaban J connectivity index is 2.41. The fourth-order valence-corrected chi connectivity index (χ4v) is 1.61. The Kier molecular flexibility index (Phi) is 2.48. The molecule has 0 aliphatic carbocycles. The van der Waals surface area contributed by atoms with Crippen LogP contribution in [0.15, 0.2) is 28.7 Å². The van der Waals surface area contributed by atoms with E-state index in [0.29, 0.717) is 5.02 Å². The van der Waals surface area contributed by atoms with Gasteiger partial charge in [0.25, 0.3) is 0 Å². The summed E-state index contributed by atoms with van der Waals surface area (Å²) in [5, 5.41) is 1.81. The number of rotatable bonds is 2. The lowest BCUT2D eigenvalue weighted by atomic mass is 10.2. The van der Waals surface area contributed by atoms with Crippen molar-refractivity contribution in [3.63, 3.8) is 0 Å². The maximum atomic E-state index is 5.86. The molecule has 0 saturated carbocycles. The lowest BCUT2D eigenvalue weighted by Crippen LogP contribution is -2.09. The van der Waals surface area contributed by atoms with Gasteiger partial charge in [-0.15, -0.1) is 0 Å². The molecule has 0 radical (unpaired) electrons. The maximum absolute atomic E-state index is 5.86. The van der Waals surface area contributed by atoms with Crippen molar-refractivity contribution in [3.05, 3.63) is 35.0 Å². The van der Waals surface area contributed by atoms with Gasteiger partial charge in [-0.25, -0.2) is 0 Å². The van der Waals surface area contributed by atoms with Crippen LogP contribution in [0.4, 0.5) is 0 Å². The van der Waals surface area contributed by atoms with E-state index in [1.807, 2.05) is 38.4 Å². The van der Waals surface area contributed by atoms with Gasteiger partial charge in [0, 0.05) is 16.5 Å². The first-order valence-corrected chi connectivity index (χ1v) is 4.85. The molecule has 3 heteroatoms. The molecule has 1 aromatic carbocycles. The summed E-state index contributed by atoms with van der Waals surface area (Å²) in [6, 6.07) is 7.74. The molecule has 1 heterocycles. The quantitative estimate of drug-likeness (QED) is 0.756. The van der Waals surface area contributed by atoms with Crippen molar-refractivity contribution in [1.29, 1.82) is 0 Å². The SMILES string of the molecule is CN(C)Cc1cc2ccc(Cl)cc2o1. The van der Waals surface area contributed by atoms with Crippen LogP contribution < -0.4 is 0 Å². The zero-order valence-electron chi connectivity index (χ0n) is 8.25. The van der Waals surface area contributed by atoms with Crippen LogP contribution in [0.25, 0.3) is 11.0 Å². The molecule has 0 unspecified atom stereocenters. The summed E-state index contributed by atoms with van der Waals surface area (Å²) >= 11 is 5.86. The van der Waals surface area contributed by atoms with Crippen LogP contribution in [0.5, 0.6) is 0 Å². The summed E-state index contributed by atoms with van der Waals surface area (Å²) in [7, 11) is 4.03. The highest BCUT2D eigenvalue weighted by Gasteiger charge is 2.04. The van der Waals surface area contributed by atoms with Gasteiger partial charge in [0.2, 0.25) is 0 Å². The molecule has 0 bridgehead atoms. The minimum Gasteiger partial charge on any atom is -0.460 e. The van der Waals surface area contributed by atoms with E-state index in [1.165, 1.54) is 0 Å². The number of hydrogen-bond acceptors (Lipinski definition) is 2. The van der Waals surface area contributed by atoms with Crippen molar-refractivity contribution in [1.82, 2.24) is 4.90 Å². The van der Waals surface area contributed by atoms with Crippen molar-refractivity contribution in [2.45, 2.75) is 6.54 Å². The maximum Gasteiger partial charge on any atom is 0.135 e. The van der Waals surface area contributed by atoms with E-state index < -0.39 is 0 Å². The Hall–Kier alpha value is -0.990. The second-order valence-electron chi connectivity index (χ2n) is 3.63. The lowest BCUT2D eigenvalue weighted by Gasteiger charge is -2.04. The molecule has 14 heavy (non-hydrogen) atoms. The van der Waals surface area contributed by atoms with Gasteiger partial charge in [0.15, 0.2) is 0 Å². The fourth-order valence-electron chi connectivity index (χ4n) is 1.45. The van der Waals surface area contributed by atoms with Crippen LogP contribution in [0.1, 0.15) is 5.76 Å². The number of hydrogen-bond donors (Lipinski definition) is 0. The largest absolute Gasteiger partial charge is 0.460 e. The lowest BCUT2D eigenvalue weighted by molar-refractivity contribution is 0.358. The molecule has 0 aliphatic rings. The van der Waals surface area contributed by atoms with Crippen molar-refractivity contribution < 1.29 is 4.42 Å². The highest BCUT2D eigenvalue weighted by atomic mass is 35.5. The topological polar surface area (TPSA) is 16.4 Å². The fraction of sp³-hybridized carbons (Fsp3) is 0.273. The average molecular weight is 210 g/mol. The molecule has 2 rings (SSSR count). The molecule has 0 fully saturated rings.